The SMILES string of the molecule is Cc1ccc2nc(CCl)n(Cc3ccnn3C)c2n1. The zero-order valence-corrected chi connectivity index (χ0v) is 11.6. The first-order valence-electron chi connectivity index (χ1n) is 6.04. The lowest BCUT2D eigenvalue weighted by molar-refractivity contribution is 0.660. The maximum absolute atomic E-state index is 5.99. The number of fused-ring (bicyclic) bond motifs is 1. The summed E-state index contributed by atoms with van der Waals surface area (Å²) in [4.78, 5) is 9.09. The molecule has 0 fully saturated rings. The summed E-state index contributed by atoms with van der Waals surface area (Å²) in [5.41, 5.74) is 3.81. The van der Waals surface area contributed by atoms with Crippen molar-refractivity contribution in [3.05, 3.63) is 41.6 Å². The van der Waals surface area contributed by atoms with Gasteiger partial charge in [0.05, 0.1) is 18.1 Å². The number of alkyl halides is 1. The predicted molar refractivity (Wildman–Crippen MR) is 74.1 cm³/mol. The molecule has 0 unspecified atom stereocenters. The number of hydrogen-bond acceptors (Lipinski definition) is 3. The fraction of sp³-hybridized carbons (Fsp3) is 0.308. The van der Waals surface area contributed by atoms with Crippen LogP contribution < -0.4 is 0 Å². The Morgan fingerprint density at radius 2 is 2.05 bits per heavy atom. The van der Waals surface area contributed by atoms with Gasteiger partial charge < -0.3 is 4.57 Å². The number of nitrogens with zero attached hydrogens (tertiary/aromatic N) is 5. The summed E-state index contributed by atoms with van der Waals surface area (Å²) < 4.78 is 3.89. The number of hydrogen-bond donors (Lipinski definition) is 0. The summed E-state index contributed by atoms with van der Waals surface area (Å²) >= 11 is 5.99. The van der Waals surface area contributed by atoms with Crippen molar-refractivity contribution >= 4 is 22.8 Å². The molecule has 0 amide bonds. The zero-order valence-electron chi connectivity index (χ0n) is 10.8. The van der Waals surface area contributed by atoms with Crippen molar-refractivity contribution in [2.45, 2.75) is 19.3 Å². The second kappa shape index (κ2) is 4.66. The number of rotatable bonds is 3. The minimum absolute atomic E-state index is 0.368. The second-order valence-electron chi connectivity index (χ2n) is 4.49. The largest absolute Gasteiger partial charge is 0.306 e. The molecule has 0 aliphatic carbocycles. The quantitative estimate of drug-likeness (QED) is 0.689. The average Bonchev–Trinajstić information content (AvgIpc) is 2.95. The van der Waals surface area contributed by atoms with E-state index in [0.29, 0.717) is 12.4 Å². The lowest BCUT2D eigenvalue weighted by Crippen LogP contribution is -2.08. The van der Waals surface area contributed by atoms with E-state index in [1.165, 1.54) is 0 Å². The molecule has 0 bridgehead atoms. The highest BCUT2D eigenvalue weighted by Gasteiger charge is 2.13. The third-order valence-corrected chi connectivity index (χ3v) is 3.41. The number of imidazole rings is 1. The van der Waals surface area contributed by atoms with E-state index in [2.05, 4.69) is 15.1 Å². The summed E-state index contributed by atoms with van der Waals surface area (Å²) in [7, 11) is 1.92. The van der Waals surface area contributed by atoms with Crippen molar-refractivity contribution in [1.29, 1.82) is 0 Å². The molecule has 0 aromatic carbocycles. The molecule has 3 aromatic rings. The van der Waals surface area contributed by atoms with Crippen molar-refractivity contribution < 1.29 is 0 Å². The molecule has 5 nitrogen and oxygen atoms in total. The van der Waals surface area contributed by atoms with Gasteiger partial charge in [-0.15, -0.1) is 11.6 Å². The highest BCUT2D eigenvalue weighted by Crippen LogP contribution is 2.18. The van der Waals surface area contributed by atoms with Crippen molar-refractivity contribution in [1.82, 2.24) is 24.3 Å². The number of aryl methyl sites for hydroxylation is 2. The minimum Gasteiger partial charge on any atom is -0.306 e. The van der Waals surface area contributed by atoms with E-state index in [-0.39, 0.29) is 0 Å². The molecular weight excluding hydrogens is 262 g/mol. The molecule has 3 aromatic heterocycles. The van der Waals surface area contributed by atoms with Crippen LogP contribution in [0.25, 0.3) is 11.2 Å². The molecule has 6 heteroatoms. The Hall–Kier alpha value is -1.88. The summed E-state index contributed by atoms with van der Waals surface area (Å²) in [5.74, 6) is 1.20. The maximum atomic E-state index is 5.99. The van der Waals surface area contributed by atoms with Gasteiger partial charge >= 0.3 is 0 Å². The van der Waals surface area contributed by atoms with E-state index in [4.69, 9.17) is 11.6 Å². The van der Waals surface area contributed by atoms with Gasteiger partial charge in [-0.3, -0.25) is 4.68 Å². The van der Waals surface area contributed by atoms with Gasteiger partial charge in [-0.1, -0.05) is 0 Å². The summed E-state index contributed by atoms with van der Waals surface area (Å²) in [6, 6.07) is 5.93. The molecule has 0 saturated carbocycles. The highest BCUT2D eigenvalue weighted by molar-refractivity contribution is 6.16. The Morgan fingerprint density at radius 3 is 2.74 bits per heavy atom. The van der Waals surface area contributed by atoms with E-state index >= 15 is 0 Å². The lowest BCUT2D eigenvalue weighted by atomic mass is 10.3. The van der Waals surface area contributed by atoms with Crippen LogP contribution in [0.5, 0.6) is 0 Å². The van der Waals surface area contributed by atoms with E-state index < -0.39 is 0 Å². The van der Waals surface area contributed by atoms with Gasteiger partial charge in [0.2, 0.25) is 0 Å². The molecular formula is C13H14ClN5. The summed E-state index contributed by atoms with van der Waals surface area (Å²) in [6.45, 7) is 2.65. The van der Waals surface area contributed by atoms with Crippen LogP contribution in [0, 0.1) is 6.92 Å². The summed E-state index contributed by atoms with van der Waals surface area (Å²) in [5, 5.41) is 4.18. The molecule has 0 saturated heterocycles. The van der Waals surface area contributed by atoms with E-state index in [1.807, 2.05) is 41.4 Å². The third kappa shape index (κ3) is 2.10. The molecule has 19 heavy (non-hydrogen) atoms. The zero-order chi connectivity index (χ0) is 13.4. The van der Waals surface area contributed by atoms with Gasteiger partial charge in [0.15, 0.2) is 5.65 Å². The van der Waals surface area contributed by atoms with E-state index in [0.717, 1.165) is 28.4 Å². The lowest BCUT2D eigenvalue weighted by Gasteiger charge is -2.07. The molecule has 3 heterocycles. The van der Waals surface area contributed by atoms with Crippen LogP contribution >= 0.6 is 11.6 Å². The van der Waals surface area contributed by atoms with Crippen molar-refractivity contribution in [3.8, 4) is 0 Å². The van der Waals surface area contributed by atoms with Crippen LogP contribution in [-0.4, -0.2) is 24.3 Å². The van der Waals surface area contributed by atoms with Gasteiger partial charge in [0.25, 0.3) is 0 Å². The topological polar surface area (TPSA) is 48.5 Å². The Balaban J connectivity index is 2.15. The van der Waals surface area contributed by atoms with Crippen LogP contribution in [0.3, 0.4) is 0 Å². The van der Waals surface area contributed by atoms with Gasteiger partial charge in [-0.25, -0.2) is 9.97 Å². The van der Waals surface area contributed by atoms with Gasteiger partial charge in [0.1, 0.15) is 11.3 Å². The third-order valence-electron chi connectivity index (χ3n) is 3.17. The standard InChI is InChI=1S/C13H14ClN5/c1-9-3-4-11-13(16-9)19(12(7-14)17-11)8-10-5-6-15-18(10)2/h3-6H,7-8H2,1-2H3. The second-order valence-corrected chi connectivity index (χ2v) is 4.76. The van der Waals surface area contributed by atoms with E-state index in [9.17, 15) is 0 Å². The molecule has 0 N–H and O–H groups in total. The first-order chi connectivity index (χ1) is 9.19. The van der Waals surface area contributed by atoms with Crippen LogP contribution in [-0.2, 0) is 19.5 Å². The van der Waals surface area contributed by atoms with Gasteiger partial charge in [-0.2, -0.15) is 5.10 Å². The predicted octanol–water partition coefficient (Wildman–Crippen LogP) is 2.26. The van der Waals surface area contributed by atoms with E-state index in [1.54, 1.807) is 6.20 Å². The number of halogens is 1. The van der Waals surface area contributed by atoms with Crippen molar-refractivity contribution in [3.63, 3.8) is 0 Å². The molecule has 0 radical (unpaired) electrons. The Kier molecular flexibility index (Phi) is 2.98. The smallest absolute Gasteiger partial charge is 0.160 e. The van der Waals surface area contributed by atoms with Crippen LogP contribution in [0.1, 0.15) is 17.2 Å². The summed E-state index contributed by atoms with van der Waals surface area (Å²) in [6.07, 6.45) is 1.79. The Labute approximate surface area is 115 Å². The molecule has 0 aliphatic rings. The number of aromatic nitrogens is 5. The van der Waals surface area contributed by atoms with Crippen LogP contribution in [0.15, 0.2) is 24.4 Å². The first-order valence-corrected chi connectivity index (χ1v) is 6.58. The molecule has 3 rings (SSSR count). The monoisotopic (exact) mass is 275 g/mol. The van der Waals surface area contributed by atoms with Crippen molar-refractivity contribution in [2.24, 2.45) is 7.05 Å². The highest BCUT2D eigenvalue weighted by atomic mass is 35.5. The first kappa shape index (κ1) is 12.2. The van der Waals surface area contributed by atoms with Crippen molar-refractivity contribution in [2.75, 3.05) is 0 Å². The number of pyridine rings is 1. The average molecular weight is 276 g/mol. The molecule has 0 spiro atoms. The molecule has 0 aliphatic heterocycles. The van der Waals surface area contributed by atoms with Crippen LogP contribution in [0.4, 0.5) is 0 Å². The Bertz CT molecular complexity index is 728. The fourth-order valence-corrected chi connectivity index (χ4v) is 2.33. The minimum atomic E-state index is 0.368. The maximum Gasteiger partial charge on any atom is 0.160 e. The van der Waals surface area contributed by atoms with Gasteiger partial charge in [0, 0.05) is 18.9 Å². The Morgan fingerprint density at radius 1 is 1.21 bits per heavy atom. The normalized spacial score (nSPS) is 11.3. The fourth-order valence-electron chi connectivity index (χ4n) is 2.13. The molecule has 0 atom stereocenters. The van der Waals surface area contributed by atoms with Crippen LogP contribution in [0.2, 0.25) is 0 Å². The molecule has 98 valence electrons. The van der Waals surface area contributed by atoms with Gasteiger partial charge in [-0.05, 0) is 25.1 Å².